The number of nitrogens with zero attached hydrogens (tertiary/aromatic N) is 1. The molecule has 0 aliphatic carbocycles. The highest BCUT2D eigenvalue weighted by Crippen LogP contribution is 2.32. The van der Waals surface area contributed by atoms with Crippen molar-refractivity contribution in [1.29, 1.82) is 0 Å². The maximum absolute atomic E-state index is 12.5. The van der Waals surface area contributed by atoms with E-state index in [9.17, 15) is 4.79 Å². The second-order valence-electron chi connectivity index (χ2n) is 6.04. The van der Waals surface area contributed by atoms with E-state index in [0.29, 0.717) is 25.4 Å². The van der Waals surface area contributed by atoms with Crippen LogP contribution in [0.5, 0.6) is 5.75 Å². The quantitative estimate of drug-likeness (QED) is 0.790. The summed E-state index contributed by atoms with van der Waals surface area (Å²) in [4.78, 5) is 12.5. The molecule has 0 bridgehead atoms. The van der Waals surface area contributed by atoms with Crippen LogP contribution < -0.4 is 15.4 Å². The number of benzene rings is 1. The summed E-state index contributed by atoms with van der Waals surface area (Å²) in [5.74, 6) is 1.12. The Labute approximate surface area is 146 Å². The molecule has 2 aliphatic rings. The standard InChI is InChI=1S/C17H20N4O2.ClH/c22-17(16-13-10-18-7-5-14(13)20-21-16)19-9-11-6-8-23-15-4-2-1-3-12(11)15;/h1-4,11,18H,5-10H2,(H,19,22)(H,20,21);1H. The Hall–Kier alpha value is -2.05. The minimum Gasteiger partial charge on any atom is -0.493 e. The third-order valence-electron chi connectivity index (χ3n) is 4.61. The van der Waals surface area contributed by atoms with Gasteiger partial charge in [0.2, 0.25) is 0 Å². The van der Waals surface area contributed by atoms with Crippen LogP contribution >= 0.6 is 12.4 Å². The molecule has 0 saturated carbocycles. The summed E-state index contributed by atoms with van der Waals surface area (Å²) in [5.41, 5.74) is 3.77. The molecule has 1 unspecified atom stereocenters. The van der Waals surface area contributed by atoms with Crippen LogP contribution in [0.1, 0.15) is 39.6 Å². The van der Waals surface area contributed by atoms with Crippen LogP contribution in [-0.2, 0) is 13.0 Å². The summed E-state index contributed by atoms with van der Waals surface area (Å²) in [6.07, 6.45) is 1.81. The normalized spacial score (nSPS) is 18.6. The maximum atomic E-state index is 12.5. The van der Waals surface area contributed by atoms with Gasteiger partial charge in [-0.2, -0.15) is 5.10 Å². The summed E-state index contributed by atoms with van der Waals surface area (Å²) in [6, 6.07) is 8.05. The molecule has 0 spiro atoms. The predicted octanol–water partition coefficient (Wildman–Crippen LogP) is 1.77. The SMILES string of the molecule is Cl.O=C(NCC1CCOc2ccccc21)c1n[nH]c2c1CNCC2. The minimum atomic E-state index is -0.102. The van der Waals surface area contributed by atoms with Gasteiger partial charge in [0.25, 0.3) is 5.91 Å². The van der Waals surface area contributed by atoms with E-state index in [1.54, 1.807) is 0 Å². The highest BCUT2D eigenvalue weighted by atomic mass is 35.5. The molecule has 1 aromatic carbocycles. The second-order valence-corrected chi connectivity index (χ2v) is 6.04. The second kappa shape index (κ2) is 7.23. The van der Waals surface area contributed by atoms with Crippen LogP contribution in [0.25, 0.3) is 0 Å². The van der Waals surface area contributed by atoms with Gasteiger partial charge in [0, 0.05) is 43.2 Å². The summed E-state index contributed by atoms with van der Waals surface area (Å²) in [6.45, 7) is 2.93. The van der Waals surface area contributed by atoms with Gasteiger partial charge in [0.05, 0.1) is 6.61 Å². The summed E-state index contributed by atoms with van der Waals surface area (Å²) >= 11 is 0. The number of aromatic nitrogens is 2. The van der Waals surface area contributed by atoms with Crippen molar-refractivity contribution in [3.8, 4) is 5.75 Å². The number of nitrogens with one attached hydrogen (secondary N) is 3. The highest BCUT2D eigenvalue weighted by molar-refractivity contribution is 5.94. The van der Waals surface area contributed by atoms with Gasteiger partial charge in [-0.15, -0.1) is 12.4 Å². The van der Waals surface area contributed by atoms with Crippen molar-refractivity contribution in [3.05, 3.63) is 46.8 Å². The lowest BCUT2D eigenvalue weighted by atomic mass is 9.93. The molecule has 1 aromatic heterocycles. The average Bonchev–Trinajstić information content (AvgIpc) is 3.04. The Morgan fingerprint density at radius 3 is 3.17 bits per heavy atom. The average molecular weight is 349 g/mol. The van der Waals surface area contributed by atoms with Crippen molar-refractivity contribution in [1.82, 2.24) is 20.8 Å². The van der Waals surface area contributed by atoms with Gasteiger partial charge in [-0.05, 0) is 18.1 Å². The third-order valence-corrected chi connectivity index (χ3v) is 4.61. The number of carbonyl (C=O) groups excluding carboxylic acids is 1. The van der Waals surface area contributed by atoms with E-state index in [1.807, 2.05) is 18.2 Å². The van der Waals surface area contributed by atoms with Gasteiger partial charge in [-0.1, -0.05) is 18.2 Å². The number of hydrogen-bond acceptors (Lipinski definition) is 4. The van der Waals surface area contributed by atoms with Crippen molar-refractivity contribution < 1.29 is 9.53 Å². The lowest BCUT2D eigenvalue weighted by molar-refractivity contribution is 0.0942. The molecular formula is C17H21ClN4O2. The Morgan fingerprint density at radius 2 is 2.25 bits per heavy atom. The molecule has 0 saturated heterocycles. The first kappa shape index (κ1) is 16.8. The highest BCUT2D eigenvalue weighted by Gasteiger charge is 2.24. The molecule has 0 fully saturated rings. The predicted molar refractivity (Wildman–Crippen MR) is 92.9 cm³/mol. The molecular weight excluding hydrogens is 328 g/mol. The van der Waals surface area contributed by atoms with E-state index in [2.05, 4.69) is 26.9 Å². The van der Waals surface area contributed by atoms with Crippen LogP contribution in [-0.4, -0.2) is 35.8 Å². The number of carbonyl (C=O) groups is 1. The van der Waals surface area contributed by atoms with Crippen LogP contribution in [0.15, 0.2) is 24.3 Å². The fraction of sp³-hybridized carbons (Fsp3) is 0.412. The number of ether oxygens (including phenoxy) is 1. The molecule has 6 nitrogen and oxygen atoms in total. The number of H-pyrrole nitrogens is 1. The fourth-order valence-electron chi connectivity index (χ4n) is 3.34. The summed E-state index contributed by atoms with van der Waals surface area (Å²) in [7, 11) is 0. The smallest absolute Gasteiger partial charge is 0.272 e. The van der Waals surface area contributed by atoms with Crippen LogP contribution in [0, 0.1) is 0 Å². The monoisotopic (exact) mass is 348 g/mol. The zero-order valence-electron chi connectivity index (χ0n) is 13.3. The Kier molecular flexibility index (Phi) is 5.06. The first-order valence-corrected chi connectivity index (χ1v) is 8.09. The van der Waals surface area contributed by atoms with E-state index in [4.69, 9.17) is 4.74 Å². The molecule has 2 aromatic rings. The van der Waals surface area contributed by atoms with E-state index in [-0.39, 0.29) is 24.2 Å². The van der Waals surface area contributed by atoms with Gasteiger partial charge >= 0.3 is 0 Å². The summed E-state index contributed by atoms with van der Waals surface area (Å²) in [5, 5.41) is 13.5. The van der Waals surface area contributed by atoms with Crippen molar-refractivity contribution in [2.24, 2.45) is 0 Å². The van der Waals surface area contributed by atoms with Crippen molar-refractivity contribution in [2.45, 2.75) is 25.3 Å². The van der Waals surface area contributed by atoms with Gasteiger partial charge in [0.15, 0.2) is 5.69 Å². The molecule has 7 heteroatoms. The first-order valence-electron chi connectivity index (χ1n) is 8.09. The van der Waals surface area contributed by atoms with E-state index in [0.717, 1.165) is 36.4 Å². The van der Waals surface area contributed by atoms with E-state index in [1.165, 1.54) is 5.56 Å². The van der Waals surface area contributed by atoms with Crippen LogP contribution in [0.3, 0.4) is 0 Å². The zero-order chi connectivity index (χ0) is 15.6. The van der Waals surface area contributed by atoms with Gasteiger partial charge in [0.1, 0.15) is 5.75 Å². The molecule has 128 valence electrons. The van der Waals surface area contributed by atoms with Gasteiger partial charge < -0.3 is 15.4 Å². The van der Waals surface area contributed by atoms with E-state index >= 15 is 0 Å². The maximum Gasteiger partial charge on any atom is 0.272 e. The number of fused-ring (bicyclic) bond motifs is 2. The number of aromatic amines is 1. The Morgan fingerprint density at radius 1 is 1.38 bits per heavy atom. The van der Waals surface area contributed by atoms with Gasteiger partial charge in [-0.3, -0.25) is 9.89 Å². The Bertz CT molecular complexity index is 731. The van der Waals surface area contributed by atoms with E-state index < -0.39 is 0 Å². The van der Waals surface area contributed by atoms with Crippen molar-refractivity contribution in [3.63, 3.8) is 0 Å². The molecule has 1 amide bonds. The number of para-hydroxylation sites is 1. The molecule has 24 heavy (non-hydrogen) atoms. The lowest BCUT2D eigenvalue weighted by Gasteiger charge is -2.26. The number of halogens is 1. The third kappa shape index (κ3) is 3.12. The van der Waals surface area contributed by atoms with Crippen LogP contribution in [0.4, 0.5) is 0 Å². The van der Waals surface area contributed by atoms with Gasteiger partial charge in [-0.25, -0.2) is 0 Å². The lowest BCUT2D eigenvalue weighted by Crippen LogP contribution is -2.32. The molecule has 4 rings (SSSR count). The van der Waals surface area contributed by atoms with Crippen LogP contribution in [0.2, 0.25) is 0 Å². The molecule has 1 atom stereocenters. The molecule has 0 radical (unpaired) electrons. The molecule has 3 N–H and O–H groups in total. The zero-order valence-corrected chi connectivity index (χ0v) is 14.1. The number of rotatable bonds is 3. The largest absolute Gasteiger partial charge is 0.493 e. The molecule has 3 heterocycles. The number of hydrogen-bond donors (Lipinski definition) is 3. The summed E-state index contributed by atoms with van der Waals surface area (Å²) < 4.78 is 5.67. The molecule has 2 aliphatic heterocycles. The first-order chi connectivity index (χ1) is 11.3. The minimum absolute atomic E-state index is 0. The van der Waals surface area contributed by atoms with Crippen molar-refractivity contribution >= 4 is 18.3 Å². The topological polar surface area (TPSA) is 79.0 Å². The fourth-order valence-corrected chi connectivity index (χ4v) is 3.34. The van der Waals surface area contributed by atoms with Crippen molar-refractivity contribution in [2.75, 3.05) is 19.7 Å². The number of amides is 1. The Balaban J connectivity index is 0.00000169.